The Bertz CT molecular complexity index is 514. The zero-order valence-electron chi connectivity index (χ0n) is 15.9. The third-order valence-corrected chi connectivity index (χ3v) is 5.00. The molecule has 1 amide bonds. The predicted molar refractivity (Wildman–Crippen MR) is 87.2 cm³/mol. The summed E-state index contributed by atoms with van der Waals surface area (Å²) in [5, 5.41) is 0. The molecule has 1 unspecified atom stereocenters. The number of alkyl halides is 3. The summed E-state index contributed by atoms with van der Waals surface area (Å²) < 4.78 is 57.2. The van der Waals surface area contributed by atoms with Crippen LogP contribution in [0.5, 0.6) is 0 Å². The highest BCUT2D eigenvalue weighted by molar-refractivity contribution is 6.47. The Kier molecular flexibility index (Phi) is 4.92. The number of amides is 1. The lowest BCUT2D eigenvalue weighted by Gasteiger charge is -2.32. The van der Waals surface area contributed by atoms with E-state index in [1.165, 1.54) is 0 Å². The van der Waals surface area contributed by atoms with Crippen LogP contribution in [0.1, 0.15) is 54.9 Å². The largest absolute Gasteiger partial charge is 0.463 e. The third kappa shape index (κ3) is 4.24. The minimum absolute atomic E-state index is 0.115. The molecule has 2 heterocycles. The quantitative estimate of drug-likeness (QED) is 0.659. The van der Waals surface area contributed by atoms with Crippen LogP contribution in [-0.2, 0) is 14.0 Å². The van der Waals surface area contributed by atoms with Crippen LogP contribution in [0.2, 0.25) is 5.82 Å². The maximum absolute atomic E-state index is 13.4. The zero-order chi connectivity index (χ0) is 19.4. The summed E-state index contributed by atoms with van der Waals surface area (Å²) in [5.41, 5.74) is -2.13. The molecule has 144 valence electrons. The van der Waals surface area contributed by atoms with Crippen molar-refractivity contribution < 1.29 is 32.0 Å². The van der Waals surface area contributed by atoms with Crippen molar-refractivity contribution in [1.82, 2.24) is 4.90 Å². The highest BCUT2D eigenvalue weighted by Gasteiger charge is 2.60. The molecule has 0 aromatic carbocycles. The van der Waals surface area contributed by atoms with E-state index in [1.807, 2.05) is 27.7 Å². The molecule has 2 saturated heterocycles. The molecule has 9 heteroatoms. The van der Waals surface area contributed by atoms with Crippen LogP contribution in [0, 0.1) is 0 Å². The topological polar surface area (TPSA) is 48.0 Å². The molecule has 0 spiro atoms. The molecule has 0 bridgehead atoms. The second-order valence-electron chi connectivity index (χ2n) is 8.81. The molecular weight excluding hydrogens is 338 g/mol. The molecule has 2 rings (SSSR count). The number of hydrogen-bond acceptors (Lipinski definition) is 4. The molecule has 0 aromatic rings. The molecule has 5 nitrogen and oxygen atoms in total. The third-order valence-electron chi connectivity index (χ3n) is 5.00. The van der Waals surface area contributed by atoms with E-state index >= 15 is 0 Å². The van der Waals surface area contributed by atoms with Crippen LogP contribution in [0.4, 0.5) is 18.0 Å². The standard InChI is InChI=1S/C16H27BF3NO4/c1-13(2,3)23-12(22)21-9-10(8-11(21)16(18,19)20)17-24-14(4,5)15(6,7)25-17/h10-11H,8-9H2,1-7H3/t10-,11?/m1/s1. The molecule has 0 radical (unpaired) electrons. The zero-order valence-corrected chi connectivity index (χ0v) is 15.9. The Hall–Kier alpha value is -0.955. The number of hydrogen-bond donors (Lipinski definition) is 0. The first-order valence-corrected chi connectivity index (χ1v) is 8.45. The Morgan fingerprint density at radius 3 is 2.00 bits per heavy atom. The van der Waals surface area contributed by atoms with E-state index in [4.69, 9.17) is 14.0 Å². The van der Waals surface area contributed by atoms with Crippen LogP contribution < -0.4 is 0 Å². The lowest BCUT2D eigenvalue weighted by molar-refractivity contribution is -0.173. The van der Waals surface area contributed by atoms with Gasteiger partial charge in [-0.2, -0.15) is 13.2 Å². The minimum Gasteiger partial charge on any atom is -0.444 e. The van der Waals surface area contributed by atoms with E-state index in [0.29, 0.717) is 0 Å². The first-order chi connectivity index (χ1) is 11.0. The number of nitrogens with zero attached hydrogens (tertiary/aromatic N) is 1. The van der Waals surface area contributed by atoms with Gasteiger partial charge in [0.05, 0.1) is 11.2 Å². The molecule has 0 aromatic heterocycles. The molecule has 0 aliphatic carbocycles. The van der Waals surface area contributed by atoms with E-state index in [-0.39, 0.29) is 13.0 Å². The van der Waals surface area contributed by atoms with Crippen LogP contribution in [0.25, 0.3) is 0 Å². The molecule has 2 atom stereocenters. The van der Waals surface area contributed by atoms with Gasteiger partial charge in [0.2, 0.25) is 0 Å². The van der Waals surface area contributed by atoms with Gasteiger partial charge in [-0.3, -0.25) is 4.90 Å². The highest BCUT2D eigenvalue weighted by atomic mass is 19.4. The molecule has 25 heavy (non-hydrogen) atoms. The minimum atomic E-state index is -4.53. The average molecular weight is 365 g/mol. The number of halogens is 3. The summed E-state index contributed by atoms with van der Waals surface area (Å²) in [6.45, 7) is 12.1. The molecule has 2 aliphatic heterocycles. The number of rotatable bonds is 1. The highest BCUT2D eigenvalue weighted by Crippen LogP contribution is 2.46. The van der Waals surface area contributed by atoms with Gasteiger partial charge in [-0.05, 0) is 54.9 Å². The summed E-state index contributed by atoms with van der Waals surface area (Å²) >= 11 is 0. The van der Waals surface area contributed by atoms with Crippen LogP contribution in [-0.4, -0.2) is 53.7 Å². The first-order valence-electron chi connectivity index (χ1n) is 8.45. The smallest absolute Gasteiger partial charge is 0.444 e. The maximum Gasteiger partial charge on any atom is 0.463 e. The molecule has 0 saturated carbocycles. The van der Waals surface area contributed by atoms with E-state index < -0.39 is 48.1 Å². The number of carbonyl (C=O) groups excluding carboxylic acids is 1. The van der Waals surface area contributed by atoms with Crippen molar-refractivity contribution in [3.63, 3.8) is 0 Å². The lowest BCUT2D eigenvalue weighted by atomic mass is 9.70. The Balaban J connectivity index is 2.18. The van der Waals surface area contributed by atoms with Crippen molar-refractivity contribution in [2.75, 3.05) is 6.54 Å². The number of likely N-dealkylation sites (tertiary alicyclic amines) is 1. The number of carbonyl (C=O) groups is 1. The predicted octanol–water partition coefficient (Wildman–Crippen LogP) is 4.02. The van der Waals surface area contributed by atoms with Crippen molar-refractivity contribution in [1.29, 1.82) is 0 Å². The monoisotopic (exact) mass is 365 g/mol. The SMILES string of the molecule is CC(C)(C)OC(=O)N1C[C@H](B2OC(C)(C)C(C)(C)O2)CC1C(F)(F)F. The average Bonchev–Trinajstić information content (AvgIpc) is 2.87. The Morgan fingerprint density at radius 1 is 1.12 bits per heavy atom. The summed E-state index contributed by atoms with van der Waals surface area (Å²) in [6, 6.07) is -1.90. The molecule has 2 fully saturated rings. The van der Waals surface area contributed by atoms with Crippen molar-refractivity contribution in [3.8, 4) is 0 Å². The van der Waals surface area contributed by atoms with E-state index in [2.05, 4.69) is 0 Å². The summed E-state index contributed by atoms with van der Waals surface area (Å²) in [6.07, 6.45) is -5.76. The van der Waals surface area contributed by atoms with Gasteiger partial charge in [0.15, 0.2) is 0 Å². The Labute approximate surface area is 147 Å². The van der Waals surface area contributed by atoms with Crippen LogP contribution >= 0.6 is 0 Å². The van der Waals surface area contributed by atoms with Gasteiger partial charge in [-0.15, -0.1) is 0 Å². The fraction of sp³-hybridized carbons (Fsp3) is 0.938. The fourth-order valence-corrected chi connectivity index (χ4v) is 2.98. The number of ether oxygens (including phenoxy) is 1. The molecule has 0 N–H and O–H groups in total. The molecule has 2 aliphatic rings. The summed E-state index contributed by atoms with van der Waals surface area (Å²) in [4.78, 5) is 13.0. The fourth-order valence-electron chi connectivity index (χ4n) is 2.98. The summed E-state index contributed by atoms with van der Waals surface area (Å²) in [5.74, 6) is -0.569. The Morgan fingerprint density at radius 2 is 1.60 bits per heavy atom. The lowest BCUT2D eigenvalue weighted by Crippen LogP contribution is -2.46. The second-order valence-corrected chi connectivity index (χ2v) is 8.81. The van der Waals surface area contributed by atoms with Gasteiger partial charge in [0.25, 0.3) is 0 Å². The normalized spacial score (nSPS) is 29.2. The second kappa shape index (κ2) is 6.04. The van der Waals surface area contributed by atoms with E-state index in [0.717, 1.165) is 4.90 Å². The summed E-state index contributed by atoms with van der Waals surface area (Å²) in [7, 11) is -0.790. The van der Waals surface area contributed by atoms with Gasteiger partial charge in [-0.25, -0.2) is 4.79 Å². The van der Waals surface area contributed by atoms with Gasteiger partial charge in [0, 0.05) is 12.4 Å². The van der Waals surface area contributed by atoms with E-state index in [1.54, 1.807) is 20.8 Å². The van der Waals surface area contributed by atoms with Crippen molar-refractivity contribution in [2.45, 2.75) is 89.7 Å². The maximum atomic E-state index is 13.4. The van der Waals surface area contributed by atoms with Crippen molar-refractivity contribution >= 4 is 13.2 Å². The van der Waals surface area contributed by atoms with Crippen LogP contribution in [0.15, 0.2) is 0 Å². The van der Waals surface area contributed by atoms with Gasteiger partial charge in [0.1, 0.15) is 11.6 Å². The van der Waals surface area contributed by atoms with Gasteiger partial charge < -0.3 is 14.0 Å². The molecular formula is C16H27BF3NO4. The van der Waals surface area contributed by atoms with E-state index in [9.17, 15) is 18.0 Å². The van der Waals surface area contributed by atoms with Crippen LogP contribution in [0.3, 0.4) is 0 Å². The van der Waals surface area contributed by atoms with Gasteiger partial charge in [-0.1, -0.05) is 0 Å². The van der Waals surface area contributed by atoms with Crippen molar-refractivity contribution in [2.24, 2.45) is 0 Å². The first kappa shape index (κ1) is 20.4. The van der Waals surface area contributed by atoms with Crippen molar-refractivity contribution in [3.05, 3.63) is 0 Å². The van der Waals surface area contributed by atoms with Gasteiger partial charge >= 0.3 is 19.4 Å².